The van der Waals surface area contributed by atoms with Gasteiger partial charge in [-0.3, -0.25) is 4.79 Å². The van der Waals surface area contributed by atoms with E-state index < -0.39 is 11.4 Å². The molecule has 0 fully saturated rings. The second-order valence-electron chi connectivity index (χ2n) is 5.62. The van der Waals surface area contributed by atoms with Gasteiger partial charge in [0.15, 0.2) is 0 Å². The van der Waals surface area contributed by atoms with Crippen molar-refractivity contribution in [2.75, 3.05) is 7.11 Å². The molecule has 0 amide bonds. The molecule has 1 aromatic heterocycles. The van der Waals surface area contributed by atoms with Crippen molar-refractivity contribution < 1.29 is 14.6 Å². The van der Waals surface area contributed by atoms with E-state index in [1.54, 1.807) is 21.0 Å². The van der Waals surface area contributed by atoms with Gasteiger partial charge in [0, 0.05) is 5.39 Å². The van der Waals surface area contributed by atoms with E-state index in [0.717, 1.165) is 16.5 Å². The quantitative estimate of drug-likeness (QED) is 0.932. The lowest BCUT2D eigenvalue weighted by molar-refractivity contribution is -0.142. The average molecular weight is 273 g/mol. The maximum absolute atomic E-state index is 11.4. The van der Waals surface area contributed by atoms with Crippen LogP contribution in [-0.2, 0) is 10.2 Å². The number of carboxylic acid groups (broad SMARTS) is 1. The summed E-state index contributed by atoms with van der Waals surface area (Å²) in [5.41, 5.74) is 2.19. The first-order chi connectivity index (χ1) is 9.27. The molecule has 0 spiro atoms. The molecule has 0 saturated carbocycles. The maximum atomic E-state index is 11.4. The summed E-state index contributed by atoms with van der Waals surface area (Å²) in [6.07, 6.45) is 0. The molecule has 1 N–H and O–H groups in total. The summed E-state index contributed by atoms with van der Waals surface area (Å²) >= 11 is 0. The highest BCUT2D eigenvalue weighted by atomic mass is 16.5. The lowest BCUT2D eigenvalue weighted by Crippen LogP contribution is -2.30. The first kappa shape index (κ1) is 14.3. The Labute approximate surface area is 118 Å². The van der Waals surface area contributed by atoms with Crippen LogP contribution in [0.2, 0.25) is 0 Å². The van der Waals surface area contributed by atoms with Gasteiger partial charge in [0.05, 0.1) is 12.8 Å². The second-order valence-corrected chi connectivity index (χ2v) is 5.62. The van der Waals surface area contributed by atoms with Crippen molar-refractivity contribution in [2.24, 2.45) is 0 Å². The number of rotatable bonds is 3. The Morgan fingerprint density at radius 2 is 1.90 bits per heavy atom. The van der Waals surface area contributed by atoms with Crippen LogP contribution in [0.1, 0.15) is 30.7 Å². The van der Waals surface area contributed by atoms with Crippen LogP contribution in [0, 0.1) is 13.8 Å². The standard InChI is InChI=1S/C16H19NO3/c1-9-6-11-8-10(2)14(16(3,4)15(18)19)17-13(11)12(7-9)20-5/h6-8H,1-5H3,(H,18,19). The Balaban J connectivity index is 2.80. The van der Waals surface area contributed by atoms with E-state index in [2.05, 4.69) is 4.98 Å². The van der Waals surface area contributed by atoms with Gasteiger partial charge in [-0.05, 0) is 57.0 Å². The summed E-state index contributed by atoms with van der Waals surface area (Å²) in [5.74, 6) is -0.221. The van der Waals surface area contributed by atoms with Gasteiger partial charge in [0.1, 0.15) is 16.7 Å². The molecule has 4 nitrogen and oxygen atoms in total. The Hall–Kier alpha value is -2.10. The topological polar surface area (TPSA) is 59.4 Å². The van der Waals surface area contributed by atoms with E-state index in [0.29, 0.717) is 17.0 Å². The number of ether oxygens (including phenoxy) is 1. The van der Waals surface area contributed by atoms with Crippen LogP contribution in [0.3, 0.4) is 0 Å². The third-order valence-corrected chi connectivity index (χ3v) is 3.56. The minimum atomic E-state index is -1.03. The lowest BCUT2D eigenvalue weighted by atomic mass is 9.86. The van der Waals surface area contributed by atoms with E-state index in [4.69, 9.17) is 4.74 Å². The highest BCUT2D eigenvalue weighted by molar-refractivity contribution is 5.88. The molecule has 2 aromatic rings. The molecule has 0 bridgehead atoms. The van der Waals surface area contributed by atoms with Gasteiger partial charge in [0.25, 0.3) is 0 Å². The number of carboxylic acids is 1. The van der Waals surface area contributed by atoms with Crippen LogP contribution in [-0.4, -0.2) is 23.2 Å². The third-order valence-electron chi connectivity index (χ3n) is 3.56. The van der Waals surface area contributed by atoms with E-state index >= 15 is 0 Å². The summed E-state index contributed by atoms with van der Waals surface area (Å²) in [6, 6.07) is 5.90. The Morgan fingerprint density at radius 1 is 1.25 bits per heavy atom. The van der Waals surface area contributed by atoms with E-state index in [-0.39, 0.29) is 0 Å². The van der Waals surface area contributed by atoms with Gasteiger partial charge in [0.2, 0.25) is 0 Å². The molecule has 0 aliphatic heterocycles. The minimum absolute atomic E-state index is 0.569. The Morgan fingerprint density at radius 3 is 2.45 bits per heavy atom. The van der Waals surface area contributed by atoms with Gasteiger partial charge in [-0.1, -0.05) is 0 Å². The predicted molar refractivity (Wildman–Crippen MR) is 78.4 cm³/mol. The van der Waals surface area contributed by atoms with E-state index in [1.807, 2.05) is 32.0 Å². The Bertz CT molecular complexity index is 690. The largest absolute Gasteiger partial charge is 0.494 e. The molecule has 0 radical (unpaired) electrons. The molecule has 4 heteroatoms. The van der Waals surface area contributed by atoms with Crippen LogP contribution >= 0.6 is 0 Å². The molecule has 1 aromatic carbocycles. The number of methoxy groups -OCH3 is 1. The third kappa shape index (κ3) is 2.22. The van der Waals surface area contributed by atoms with Crippen molar-refractivity contribution in [1.82, 2.24) is 4.98 Å². The number of nitrogens with zero attached hydrogens (tertiary/aromatic N) is 1. The first-order valence-electron chi connectivity index (χ1n) is 6.47. The zero-order valence-corrected chi connectivity index (χ0v) is 12.4. The van der Waals surface area contributed by atoms with Crippen molar-refractivity contribution in [2.45, 2.75) is 33.1 Å². The van der Waals surface area contributed by atoms with Crippen molar-refractivity contribution in [3.05, 3.63) is 35.0 Å². The summed E-state index contributed by atoms with van der Waals surface area (Å²) in [7, 11) is 1.60. The number of hydrogen-bond donors (Lipinski definition) is 1. The van der Waals surface area contributed by atoms with Gasteiger partial charge >= 0.3 is 5.97 Å². The number of benzene rings is 1. The highest BCUT2D eigenvalue weighted by Crippen LogP contribution is 2.32. The van der Waals surface area contributed by atoms with E-state index in [1.165, 1.54) is 0 Å². The fourth-order valence-electron chi connectivity index (χ4n) is 2.39. The molecular weight excluding hydrogens is 254 g/mol. The number of aliphatic carboxylic acids is 1. The molecule has 106 valence electrons. The molecule has 0 unspecified atom stereocenters. The van der Waals surface area contributed by atoms with E-state index in [9.17, 15) is 9.90 Å². The van der Waals surface area contributed by atoms with Crippen LogP contribution < -0.4 is 4.74 Å². The number of aryl methyl sites for hydroxylation is 2. The smallest absolute Gasteiger partial charge is 0.315 e. The molecule has 0 aliphatic carbocycles. The molecule has 0 saturated heterocycles. The highest BCUT2D eigenvalue weighted by Gasteiger charge is 2.33. The fraction of sp³-hybridized carbons (Fsp3) is 0.375. The van der Waals surface area contributed by atoms with Gasteiger partial charge in [-0.25, -0.2) is 4.98 Å². The molecular formula is C16H19NO3. The van der Waals surface area contributed by atoms with Crippen LogP contribution in [0.5, 0.6) is 5.75 Å². The molecule has 0 aliphatic rings. The number of carbonyl (C=O) groups is 1. The molecule has 1 heterocycles. The van der Waals surface area contributed by atoms with Gasteiger partial charge < -0.3 is 9.84 Å². The summed E-state index contributed by atoms with van der Waals surface area (Å²) in [5, 5.41) is 10.4. The number of hydrogen-bond acceptors (Lipinski definition) is 3. The maximum Gasteiger partial charge on any atom is 0.315 e. The Kier molecular flexibility index (Phi) is 3.42. The van der Waals surface area contributed by atoms with Crippen LogP contribution in [0.4, 0.5) is 0 Å². The molecule has 20 heavy (non-hydrogen) atoms. The monoisotopic (exact) mass is 273 g/mol. The number of fused-ring (bicyclic) bond motifs is 1. The SMILES string of the molecule is COc1cc(C)cc2cc(C)c(C(C)(C)C(=O)O)nc12. The first-order valence-corrected chi connectivity index (χ1v) is 6.47. The summed E-state index contributed by atoms with van der Waals surface area (Å²) in [6.45, 7) is 7.21. The van der Waals surface area contributed by atoms with Crippen LogP contribution in [0.15, 0.2) is 18.2 Å². The van der Waals surface area contributed by atoms with Crippen molar-refractivity contribution >= 4 is 16.9 Å². The number of pyridine rings is 1. The minimum Gasteiger partial charge on any atom is -0.494 e. The normalized spacial score (nSPS) is 11.7. The predicted octanol–water partition coefficient (Wildman–Crippen LogP) is 3.22. The average Bonchev–Trinajstić information content (AvgIpc) is 2.36. The molecule has 2 rings (SSSR count). The lowest BCUT2D eigenvalue weighted by Gasteiger charge is -2.22. The number of aromatic nitrogens is 1. The second kappa shape index (κ2) is 4.78. The molecule has 0 atom stereocenters. The zero-order valence-electron chi connectivity index (χ0n) is 12.4. The fourth-order valence-corrected chi connectivity index (χ4v) is 2.39. The van der Waals surface area contributed by atoms with Crippen LogP contribution in [0.25, 0.3) is 10.9 Å². The van der Waals surface area contributed by atoms with Crippen molar-refractivity contribution in [1.29, 1.82) is 0 Å². The van der Waals surface area contributed by atoms with Crippen molar-refractivity contribution in [3.8, 4) is 5.75 Å². The summed E-state index contributed by atoms with van der Waals surface area (Å²) < 4.78 is 5.37. The van der Waals surface area contributed by atoms with Crippen molar-refractivity contribution in [3.63, 3.8) is 0 Å². The van der Waals surface area contributed by atoms with Gasteiger partial charge in [-0.2, -0.15) is 0 Å². The zero-order chi connectivity index (χ0) is 15.1. The summed E-state index contributed by atoms with van der Waals surface area (Å²) in [4.78, 5) is 16.0. The van der Waals surface area contributed by atoms with Gasteiger partial charge in [-0.15, -0.1) is 0 Å².